The van der Waals surface area contributed by atoms with Gasteiger partial charge in [0.15, 0.2) is 5.78 Å². The van der Waals surface area contributed by atoms with Crippen LogP contribution in [0.4, 0.5) is 0 Å². The fraction of sp³-hybridized carbons (Fsp3) is 0.300. The lowest BCUT2D eigenvalue weighted by Gasteiger charge is -2.20. The van der Waals surface area contributed by atoms with Crippen molar-refractivity contribution in [3.8, 4) is 0 Å². The van der Waals surface area contributed by atoms with Crippen molar-refractivity contribution in [3.05, 3.63) is 71.8 Å². The summed E-state index contributed by atoms with van der Waals surface area (Å²) >= 11 is 0. The maximum atomic E-state index is 12.0. The molecule has 0 aliphatic carbocycles. The van der Waals surface area contributed by atoms with Crippen LogP contribution in [-0.4, -0.2) is 16.5 Å². The SMILES string of the molecule is CCCC(=O)/C(C)=N/N(Cc1ccccc1)Cc1ccccc1. The highest BCUT2D eigenvalue weighted by molar-refractivity contribution is 6.38. The minimum atomic E-state index is 0.124. The number of carbonyl (C=O) groups excluding carboxylic acids is 1. The summed E-state index contributed by atoms with van der Waals surface area (Å²) in [4.78, 5) is 12.0. The first-order chi connectivity index (χ1) is 11.2. The van der Waals surface area contributed by atoms with E-state index < -0.39 is 0 Å². The smallest absolute Gasteiger partial charge is 0.178 e. The molecule has 0 unspecified atom stereocenters. The maximum absolute atomic E-state index is 12.0. The van der Waals surface area contributed by atoms with E-state index in [2.05, 4.69) is 29.4 Å². The van der Waals surface area contributed by atoms with Crippen molar-refractivity contribution in [1.29, 1.82) is 0 Å². The normalized spacial score (nSPS) is 11.3. The predicted octanol–water partition coefficient (Wildman–Crippen LogP) is 4.43. The molecule has 0 aliphatic heterocycles. The second kappa shape index (κ2) is 8.89. The van der Waals surface area contributed by atoms with Gasteiger partial charge < -0.3 is 0 Å². The highest BCUT2D eigenvalue weighted by atomic mass is 16.1. The Balaban J connectivity index is 2.17. The van der Waals surface area contributed by atoms with Crippen LogP contribution < -0.4 is 0 Å². The number of rotatable bonds is 8. The van der Waals surface area contributed by atoms with Crippen LogP contribution in [0.25, 0.3) is 0 Å². The first kappa shape index (κ1) is 16.9. The molecule has 0 saturated carbocycles. The summed E-state index contributed by atoms with van der Waals surface area (Å²) in [7, 11) is 0. The number of hydrogen-bond donors (Lipinski definition) is 0. The molecular formula is C20H24N2O. The minimum absolute atomic E-state index is 0.124. The van der Waals surface area contributed by atoms with Crippen molar-refractivity contribution in [2.24, 2.45) is 5.10 Å². The molecule has 3 nitrogen and oxygen atoms in total. The number of Topliss-reactive ketones (excluding diaryl/α,β-unsaturated/α-hetero) is 1. The zero-order valence-corrected chi connectivity index (χ0v) is 13.9. The molecule has 0 bridgehead atoms. The Labute approximate surface area is 138 Å². The molecular weight excluding hydrogens is 284 g/mol. The van der Waals surface area contributed by atoms with E-state index in [4.69, 9.17) is 0 Å². The minimum Gasteiger partial charge on any atom is -0.293 e. The van der Waals surface area contributed by atoms with Gasteiger partial charge in [-0.2, -0.15) is 5.10 Å². The van der Waals surface area contributed by atoms with E-state index in [1.807, 2.05) is 48.3 Å². The molecule has 2 aromatic rings. The molecule has 0 aliphatic rings. The van der Waals surface area contributed by atoms with Crippen LogP contribution in [0.5, 0.6) is 0 Å². The van der Waals surface area contributed by atoms with Crippen LogP contribution in [0.1, 0.15) is 37.8 Å². The van der Waals surface area contributed by atoms with E-state index in [-0.39, 0.29) is 5.78 Å². The van der Waals surface area contributed by atoms with Crippen LogP contribution in [0.15, 0.2) is 65.8 Å². The fourth-order valence-electron chi connectivity index (χ4n) is 2.39. The predicted molar refractivity (Wildman–Crippen MR) is 95.2 cm³/mol. The molecule has 0 fully saturated rings. The van der Waals surface area contributed by atoms with Gasteiger partial charge >= 0.3 is 0 Å². The average Bonchev–Trinajstić information content (AvgIpc) is 2.57. The molecule has 0 radical (unpaired) electrons. The molecule has 3 heteroatoms. The van der Waals surface area contributed by atoms with Gasteiger partial charge in [-0.3, -0.25) is 9.80 Å². The van der Waals surface area contributed by atoms with Gasteiger partial charge in [0.25, 0.3) is 0 Å². The van der Waals surface area contributed by atoms with Crippen molar-refractivity contribution < 1.29 is 4.79 Å². The Morgan fingerprint density at radius 1 is 0.913 bits per heavy atom. The van der Waals surface area contributed by atoms with Crippen molar-refractivity contribution >= 4 is 11.5 Å². The van der Waals surface area contributed by atoms with Gasteiger partial charge in [-0.25, -0.2) is 0 Å². The van der Waals surface area contributed by atoms with Crippen LogP contribution in [0.3, 0.4) is 0 Å². The highest BCUT2D eigenvalue weighted by Crippen LogP contribution is 2.11. The summed E-state index contributed by atoms with van der Waals surface area (Å²) in [5.74, 6) is 0.124. The monoisotopic (exact) mass is 308 g/mol. The number of carbonyl (C=O) groups is 1. The summed E-state index contributed by atoms with van der Waals surface area (Å²) in [6, 6.07) is 20.4. The second-order valence-electron chi connectivity index (χ2n) is 5.65. The van der Waals surface area contributed by atoms with E-state index in [0.29, 0.717) is 25.2 Å². The number of hydrogen-bond acceptors (Lipinski definition) is 3. The molecule has 0 amide bonds. The Morgan fingerprint density at radius 2 is 1.39 bits per heavy atom. The van der Waals surface area contributed by atoms with Gasteiger partial charge in [-0.15, -0.1) is 0 Å². The van der Waals surface area contributed by atoms with Crippen LogP contribution in [-0.2, 0) is 17.9 Å². The molecule has 0 atom stereocenters. The number of nitrogens with zero attached hydrogens (tertiary/aromatic N) is 2. The van der Waals surface area contributed by atoms with E-state index in [9.17, 15) is 4.79 Å². The standard InChI is InChI=1S/C20H24N2O/c1-3-10-20(23)17(2)21-22(15-18-11-6-4-7-12-18)16-19-13-8-5-9-14-19/h4-9,11-14H,3,10,15-16H2,1-2H3/b21-17+. The van der Waals surface area contributed by atoms with Crippen molar-refractivity contribution in [2.75, 3.05) is 0 Å². The molecule has 0 N–H and O–H groups in total. The molecule has 0 heterocycles. The molecule has 0 aromatic heterocycles. The lowest BCUT2D eigenvalue weighted by Crippen LogP contribution is -2.21. The molecule has 0 spiro atoms. The molecule has 0 saturated heterocycles. The lowest BCUT2D eigenvalue weighted by atomic mass is 10.1. The van der Waals surface area contributed by atoms with E-state index in [1.165, 1.54) is 11.1 Å². The van der Waals surface area contributed by atoms with Gasteiger partial charge in [0.05, 0.1) is 13.1 Å². The summed E-state index contributed by atoms with van der Waals surface area (Å²) in [6.45, 7) is 5.19. The van der Waals surface area contributed by atoms with Crippen LogP contribution in [0.2, 0.25) is 0 Å². The van der Waals surface area contributed by atoms with Gasteiger partial charge in [0, 0.05) is 6.42 Å². The third-order valence-electron chi connectivity index (χ3n) is 3.59. The first-order valence-electron chi connectivity index (χ1n) is 8.10. The zero-order valence-electron chi connectivity index (χ0n) is 13.9. The van der Waals surface area contributed by atoms with E-state index in [1.54, 1.807) is 6.92 Å². The van der Waals surface area contributed by atoms with Crippen molar-refractivity contribution in [2.45, 2.75) is 39.8 Å². The van der Waals surface area contributed by atoms with Crippen molar-refractivity contribution in [1.82, 2.24) is 5.01 Å². The van der Waals surface area contributed by atoms with Crippen LogP contribution >= 0.6 is 0 Å². The third kappa shape index (κ3) is 5.70. The largest absolute Gasteiger partial charge is 0.293 e. The van der Waals surface area contributed by atoms with Gasteiger partial charge in [-0.1, -0.05) is 67.6 Å². The Kier molecular flexibility index (Phi) is 6.55. The summed E-state index contributed by atoms with van der Waals surface area (Å²) in [6.07, 6.45) is 1.41. The Hall–Kier alpha value is -2.42. The third-order valence-corrected chi connectivity index (χ3v) is 3.59. The second-order valence-corrected chi connectivity index (χ2v) is 5.65. The Morgan fingerprint density at radius 3 is 1.83 bits per heavy atom. The zero-order chi connectivity index (χ0) is 16.5. The molecule has 120 valence electrons. The topological polar surface area (TPSA) is 32.7 Å². The van der Waals surface area contributed by atoms with Crippen LogP contribution in [0, 0.1) is 0 Å². The molecule has 23 heavy (non-hydrogen) atoms. The number of benzene rings is 2. The average molecular weight is 308 g/mol. The van der Waals surface area contributed by atoms with Gasteiger partial charge in [0.2, 0.25) is 0 Å². The summed E-state index contributed by atoms with van der Waals surface area (Å²) in [5.41, 5.74) is 2.95. The van der Waals surface area contributed by atoms with E-state index >= 15 is 0 Å². The number of hydrazone groups is 1. The molecule has 2 rings (SSSR count). The summed E-state index contributed by atoms with van der Waals surface area (Å²) in [5, 5.41) is 6.55. The van der Waals surface area contributed by atoms with Gasteiger partial charge in [-0.05, 0) is 24.5 Å². The van der Waals surface area contributed by atoms with Crippen molar-refractivity contribution in [3.63, 3.8) is 0 Å². The Bertz CT molecular complexity index is 594. The molecule has 2 aromatic carbocycles. The maximum Gasteiger partial charge on any atom is 0.178 e. The quantitative estimate of drug-likeness (QED) is 0.533. The fourth-order valence-corrected chi connectivity index (χ4v) is 2.39. The highest BCUT2D eigenvalue weighted by Gasteiger charge is 2.09. The summed E-state index contributed by atoms with van der Waals surface area (Å²) < 4.78 is 0. The first-order valence-corrected chi connectivity index (χ1v) is 8.10. The number of ketones is 1. The lowest BCUT2D eigenvalue weighted by molar-refractivity contribution is -0.113. The van der Waals surface area contributed by atoms with E-state index in [0.717, 1.165) is 6.42 Å². The van der Waals surface area contributed by atoms with Gasteiger partial charge in [0.1, 0.15) is 5.71 Å².